The largest absolute Gasteiger partial charge is 0.259 e. The fourth-order valence-corrected chi connectivity index (χ4v) is 1.22. The first kappa shape index (κ1) is 6.13. The average Bonchev–Trinajstić information content (AvgIpc) is 1.94. The Bertz CT molecular complexity index is 92.4. The van der Waals surface area contributed by atoms with Crippen LogP contribution in [0.25, 0.3) is 0 Å². The van der Waals surface area contributed by atoms with E-state index in [2.05, 4.69) is 6.08 Å². The highest BCUT2D eigenvalue weighted by atomic mass is 32.2. The maximum absolute atomic E-state index is 5.48. The van der Waals surface area contributed by atoms with E-state index in [9.17, 15) is 0 Å². The second-order valence-electron chi connectivity index (χ2n) is 1.76. The van der Waals surface area contributed by atoms with Gasteiger partial charge in [0, 0.05) is 6.54 Å². The maximum Gasteiger partial charge on any atom is 0.0249 e. The van der Waals surface area contributed by atoms with Crippen LogP contribution in [-0.2, 0) is 0 Å². The molecule has 2 nitrogen and oxygen atoms in total. The highest BCUT2D eigenvalue weighted by molar-refractivity contribution is 7.99. The third kappa shape index (κ3) is 1.86. The summed E-state index contributed by atoms with van der Waals surface area (Å²) in [4.78, 5) is 0. The Morgan fingerprint density at radius 1 is 1.62 bits per heavy atom. The molecule has 1 heterocycles. The van der Waals surface area contributed by atoms with Gasteiger partial charge in [-0.3, -0.25) is 5.84 Å². The summed E-state index contributed by atoms with van der Waals surface area (Å²) < 4.78 is 1.75. The molecule has 0 radical (unpaired) electrons. The monoisotopic (exact) mass is 130 g/mol. The van der Waals surface area contributed by atoms with Crippen LogP contribution in [0.2, 0.25) is 0 Å². The van der Waals surface area contributed by atoms with Gasteiger partial charge in [-0.2, -0.15) is 4.41 Å². The number of hydrogen-bond donors (Lipinski definition) is 1. The topological polar surface area (TPSA) is 29.3 Å². The zero-order chi connectivity index (χ0) is 5.82. The molecule has 0 saturated carbocycles. The molecule has 1 aliphatic rings. The number of rotatable bonds is 0. The Morgan fingerprint density at radius 2 is 2.50 bits per heavy atom. The van der Waals surface area contributed by atoms with E-state index in [1.165, 1.54) is 12.8 Å². The first-order valence-electron chi connectivity index (χ1n) is 2.73. The number of hydrazine groups is 1. The van der Waals surface area contributed by atoms with Crippen molar-refractivity contribution in [2.75, 3.05) is 6.54 Å². The van der Waals surface area contributed by atoms with Gasteiger partial charge < -0.3 is 0 Å². The molecule has 0 fully saturated rings. The normalized spacial score (nSPS) is 23.1. The first-order chi connectivity index (χ1) is 3.89. The molecule has 0 bridgehead atoms. The lowest BCUT2D eigenvalue weighted by Crippen LogP contribution is -2.22. The maximum atomic E-state index is 5.48. The molecule has 1 aliphatic heterocycles. The standard InChI is InChI=1S/C5H10N2S/c6-7-4-2-1-3-5-8-7/h3,5H,1-2,4,6H2. The van der Waals surface area contributed by atoms with E-state index >= 15 is 0 Å². The smallest absolute Gasteiger partial charge is 0.0249 e. The van der Waals surface area contributed by atoms with Crippen molar-refractivity contribution in [2.45, 2.75) is 12.8 Å². The minimum atomic E-state index is 0.998. The Hall–Kier alpha value is 0.01000. The fraction of sp³-hybridized carbons (Fsp3) is 0.600. The quantitative estimate of drug-likeness (QED) is 0.393. The lowest BCUT2D eigenvalue weighted by molar-refractivity contribution is 0.491. The van der Waals surface area contributed by atoms with E-state index in [0.29, 0.717) is 0 Å². The van der Waals surface area contributed by atoms with Gasteiger partial charge in [0.2, 0.25) is 0 Å². The number of allylic oxidation sites excluding steroid dienone is 1. The van der Waals surface area contributed by atoms with Crippen LogP contribution in [0.5, 0.6) is 0 Å². The van der Waals surface area contributed by atoms with E-state index < -0.39 is 0 Å². The van der Waals surface area contributed by atoms with E-state index in [1.54, 1.807) is 16.4 Å². The van der Waals surface area contributed by atoms with Crippen LogP contribution in [0.15, 0.2) is 11.5 Å². The first-order valence-corrected chi connectivity index (χ1v) is 3.57. The van der Waals surface area contributed by atoms with Crippen LogP contribution in [0.1, 0.15) is 12.8 Å². The summed E-state index contributed by atoms with van der Waals surface area (Å²) in [5.41, 5.74) is 0. The van der Waals surface area contributed by atoms with E-state index in [4.69, 9.17) is 5.84 Å². The average molecular weight is 130 g/mol. The van der Waals surface area contributed by atoms with Crippen LogP contribution >= 0.6 is 11.9 Å². The third-order valence-electron chi connectivity index (χ3n) is 1.04. The predicted octanol–water partition coefficient (Wildman–Crippen LogP) is 1.12. The Kier molecular flexibility index (Phi) is 2.39. The molecule has 8 heavy (non-hydrogen) atoms. The Balaban J connectivity index is 2.30. The molecule has 1 rings (SSSR count). The summed E-state index contributed by atoms with van der Waals surface area (Å²) in [6.45, 7) is 0.998. The fourth-order valence-electron chi connectivity index (χ4n) is 0.607. The second kappa shape index (κ2) is 3.12. The molecule has 0 aromatic heterocycles. The number of nitrogens with zero attached hydrogens (tertiary/aromatic N) is 1. The molecule has 3 heteroatoms. The summed E-state index contributed by atoms with van der Waals surface area (Å²) >= 11 is 1.57. The number of nitrogens with two attached hydrogens (primary N) is 1. The van der Waals surface area contributed by atoms with Gasteiger partial charge in [0.25, 0.3) is 0 Å². The van der Waals surface area contributed by atoms with Crippen molar-refractivity contribution >= 4 is 11.9 Å². The van der Waals surface area contributed by atoms with Crippen LogP contribution in [0, 0.1) is 0 Å². The molecule has 46 valence electrons. The van der Waals surface area contributed by atoms with Crippen molar-refractivity contribution in [2.24, 2.45) is 5.84 Å². The minimum absolute atomic E-state index is 0.998. The summed E-state index contributed by atoms with van der Waals surface area (Å²) in [6, 6.07) is 0. The molecule has 0 atom stereocenters. The van der Waals surface area contributed by atoms with Gasteiger partial charge in [-0.1, -0.05) is 6.08 Å². The summed E-state index contributed by atoms with van der Waals surface area (Å²) in [6.07, 6.45) is 4.50. The summed E-state index contributed by atoms with van der Waals surface area (Å²) in [5.74, 6) is 5.48. The highest BCUT2D eigenvalue weighted by Gasteiger charge is 1.97. The van der Waals surface area contributed by atoms with Crippen molar-refractivity contribution < 1.29 is 0 Å². The molecule has 0 aromatic carbocycles. The molecule has 0 aromatic rings. The molecule has 0 aliphatic carbocycles. The van der Waals surface area contributed by atoms with Gasteiger partial charge in [0.1, 0.15) is 0 Å². The lowest BCUT2D eigenvalue weighted by Gasteiger charge is -2.07. The zero-order valence-corrected chi connectivity index (χ0v) is 5.53. The van der Waals surface area contributed by atoms with Gasteiger partial charge in [-0.05, 0) is 30.2 Å². The third-order valence-corrected chi connectivity index (χ3v) is 1.81. The van der Waals surface area contributed by atoms with Crippen molar-refractivity contribution in [1.29, 1.82) is 0 Å². The van der Waals surface area contributed by atoms with E-state index in [1.807, 2.05) is 5.41 Å². The van der Waals surface area contributed by atoms with E-state index in [-0.39, 0.29) is 0 Å². The van der Waals surface area contributed by atoms with Gasteiger partial charge in [-0.25, -0.2) is 0 Å². The number of hydrogen-bond acceptors (Lipinski definition) is 3. The minimum Gasteiger partial charge on any atom is -0.259 e. The molecule has 2 N–H and O–H groups in total. The summed E-state index contributed by atoms with van der Waals surface area (Å²) in [5, 5.41) is 2.03. The SMILES string of the molecule is NN1CCCC=CS1. The lowest BCUT2D eigenvalue weighted by atomic mass is 10.3. The predicted molar refractivity (Wildman–Crippen MR) is 36.9 cm³/mol. The van der Waals surface area contributed by atoms with Crippen LogP contribution in [0.4, 0.5) is 0 Å². The van der Waals surface area contributed by atoms with Crippen molar-refractivity contribution in [3.8, 4) is 0 Å². The second-order valence-corrected chi connectivity index (χ2v) is 2.71. The van der Waals surface area contributed by atoms with Gasteiger partial charge in [0.05, 0.1) is 0 Å². The van der Waals surface area contributed by atoms with Gasteiger partial charge in [-0.15, -0.1) is 0 Å². The Morgan fingerprint density at radius 3 is 3.38 bits per heavy atom. The van der Waals surface area contributed by atoms with Crippen molar-refractivity contribution in [3.63, 3.8) is 0 Å². The molecular weight excluding hydrogens is 120 g/mol. The van der Waals surface area contributed by atoms with E-state index in [0.717, 1.165) is 6.54 Å². The van der Waals surface area contributed by atoms with Crippen molar-refractivity contribution in [3.05, 3.63) is 11.5 Å². The van der Waals surface area contributed by atoms with Crippen LogP contribution < -0.4 is 5.84 Å². The van der Waals surface area contributed by atoms with Crippen LogP contribution in [-0.4, -0.2) is 11.0 Å². The van der Waals surface area contributed by atoms with Crippen LogP contribution in [0.3, 0.4) is 0 Å². The molecular formula is C5H10N2S. The molecule has 0 unspecified atom stereocenters. The molecule has 0 amide bonds. The van der Waals surface area contributed by atoms with Crippen molar-refractivity contribution in [1.82, 2.24) is 4.41 Å². The van der Waals surface area contributed by atoms with Gasteiger partial charge >= 0.3 is 0 Å². The summed E-state index contributed by atoms with van der Waals surface area (Å²) in [7, 11) is 0. The van der Waals surface area contributed by atoms with Gasteiger partial charge in [0.15, 0.2) is 0 Å². The molecule has 0 saturated heterocycles. The highest BCUT2D eigenvalue weighted by Crippen LogP contribution is 2.11. The Labute approximate surface area is 53.8 Å². The molecule has 0 spiro atoms. The zero-order valence-electron chi connectivity index (χ0n) is 4.71.